The first kappa shape index (κ1) is 16.6. The van der Waals surface area contributed by atoms with E-state index in [-0.39, 0.29) is 6.03 Å². The molecule has 2 amide bonds. The van der Waals surface area contributed by atoms with Crippen molar-refractivity contribution in [2.75, 3.05) is 25.5 Å². The molecule has 0 bridgehead atoms. The monoisotopic (exact) mass is 300 g/mol. The molecule has 1 atom stereocenters. The Labute approximate surface area is 124 Å². The van der Waals surface area contributed by atoms with Gasteiger partial charge in [0, 0.05) is 19.3 Å². The van der Waals surface area contributed by atoms with E-state index in [0.29, 0.717) is 36.0 Å². The number of anilines is 1. The van der Waals surface area contributed by atoms with Gasteiger partial charge < -0.3 is 20.1 Å². The lowest BCUT2D eigenvalue weighted by molar-refractivity contribution is 0.167. The Morgan fingerprint density at radius 3 is 2.80 bits per heavy atom. The first-order valence-electron chi connectivity index (χ1n) is 6.56. The van der Waals surface area contributed by atoms with Crippen molar-refractivity contribution >= 4 is 23.3 Å². The van der Waals surface area contributed by atoms with Gasteiger partial charge in [0.25, 0.3) is 0 Å². The molecule has 2 N–H and O–H groups in total. The molecule has 0 aliphatic heterocycles. The molecule has 0 aromatic heterocycles. The van der Waals surface area contributed by atoms with E-state index in [1.165, 1.54) is 4.90 Å². The molecule has 5 nitrogen and oxygen atoms in total. The highest BCUT2D eigenvalue weighted by molar-refractivity contribution is 6.32. The number of ether oxygens (including phenoxy) is 1. The number of nitrogens with one attached hydrogen (secondary N) is 1. The minimum atomic E-state index is -0.426. The number of carbonyl (C=O) groups excluding carboxylic acids is 1. The van der Waals surface area contributed by atoms with Crippen LogP contribution in [0.3, 0.4) is 0 Å². The maximum Gasteiger partial charge on any atom is 0.321 e. The predicted octanol–water partition coefficient (Wildman–Crippen LogP) is 2.97. The minimum Gasteiger partial charge on any atom is -0.492 e. The average molecular weight is 301 g/mol. The Balaban J connectivity index is 2.59. The Morgan fingerprint density at radius 2 is 2.25 bits per heavy atom. The van der Waals surface area contributed by atoms with Gasteiger partial charge >= 0.3 is 6.03 Å². The molecule has 1 rings (SSSR count). The molecule has 1 aromatic carbocycles. The van der Waals surface area contributed by atoms with Crippen molar-refractivity contribution in [3.05, 3.63) is 23.2 Å². The highest BCUT2D eigenvalue weighted by atomic mass is 35.5. The maximum atomic E-state index is 11.9. The van der Waals surface area contributed by atoms with Crippen LogP contribution in [-0.4, -0.2) is 42.3 Å². The van der Waals surface area contributed by atoms with Crippen LogP contribution < -0.4 is 10.1 Å². The van der Waals surface area contributed by atoms with E-state index in [1.54, 1.807) is 32.2 Å². The third kappa shape index (κ3) is 5.27. The quantitative estimate of drug-likeness (QED) is 0.849. The van der Waals surface area contributed by atoms with Crippen LogP contribution in [0.25, 0.3) is 0 Å². The number of benzene rings is 1. The van der Waals surface area contributed by atoms with Crippen LogP contribution in [0.15, 0.2) is 18.2 Å². The number of hydrogen-bond donors (Lipinski definition) is 2. The van der Waals surface area contributed by atoms with E-state index in [1.807, 2.05) is 6.92 Å². The molecule has 0 spiro atoms. The predicted molar refractivity (Wildman–Crippen MR) is 80.6 cm³/mol. The normalized spacial score (nSPS) is 11.8. The number of hydrogen-bond acceptors (Lipinski definition) is 3. The highest BCUT2D eigenvalue weighted by Gasteiger charge is 2.11. The standard InChI is InChI=1S/C14H21ClN2O3/c1-4-20-13-6-5-11(9-12(13)15)16-14(19)17(3)8-7-10(2)18/h5-6,9-10,18H,4,7-8H2,1-3H3,(H,16,19). The molecule has 1 aromatic rings. The van der Waals surface area contributed by atoms with Gasteiger partial charge in [0.2, 0.25) is 0 Å². The third-order valence-electron chi connectivity index (χ3n) is 2.71. The summed E-state index contributed by atoms with van der Waals surface area (Å²) >= 11 is 6.05. The fourth-order valence-electron chi connectivity index (χ4n) is 1.55. The number of amides is 2. The van der Waals surface area contributed by atoms with Crippen molar-refractivity contribution in [3.8, 4) is 5.75 Å². The summed E-state index contributed by atoms with van der Waals surface area (Å²) in [7, 11) is 1.67. The zero-order chi connectivity index (χ0) is 15.1. The summed E-state index contributed by atoms with van der Waals surface area (Å²) in [4.78, 5) is 13.4. The molecule has 0 radical (unpaired) electrons. The van der Waals surface area contributed by atoms with Crippen molar-refractivity contribution in [1.29, 1.82) is 0 Å². The molecule has 112 valence electrons. The Hall–Kier alpha value is -1.46. The minimum absolute atomic E-state index is 0.245. The Bertz CT molecular complexity index is 452. The number of halogens is 1. The molecule has 6 heteroatoms. The van der Waals surface area contributed by atoms with Crippen molar-refractivity contribution in [3.63, 3.8) is 0 Å². The van der Waals surface area contributed by atoms with Gasteiger partial charge in [-0.1, -0.05) is 11.6 Å². The van der Waals surface area contributed by atoms with Crippen molar-refractivity contribution < 1.29 is 14.6 Å². The zero-order valence-corrected chi connectivity index (χ0v) is 12.8. The number of aliphatic hydroxyl groups excluding tert-OH is 1. The van der Waals surface area contributed by atoms with Crippen LogP contribution in [0.2, 0.25) is 5.02 Å². The molecule has 0 saturated carbocycles. The second kappa shape index (κ2) is 7.97. The van der Waals surface area contributed by atoms with Gasteiger partial charge in [0.05, 0.1) is 17.7 Å². The van der Waals surface area contributed by atoms with Crippen LogP contribution in [0.1, 0.15) is 20.3 Å². The number of urea groups is 1. The second-order valence-corrected chi connectivity index (χ2v) is 4.97. The fourth-order valence-corrected chi connectivity index (χ4v) is 1.79. The lowest BCUT2D eigenvalue weighted by Gasteiger charge is -2.19. The van der Waals surface area contributed by atoms with E-state index >= 15 is 0 Å². The first-order valence-corrected chi connectivity index (χ1v) is 6.94. The van der Waals surface area contributed by atoms with Gasteiger partial charge in [-0.15, -0.1) is 0 Å². The van der Waals surface area contributed by atoms with Gasteiger partial charge in [-0.25, -0.2) is 4.79 Å². The third-order valence-corrected chi connectivity index (χ3v) is 3.01. The smallest absolute Gasteiger partial charge is 0.321 e. The van der Waals surface area contributed by atoms with Gasteiger partial charge in [-0.2, -0.15) is 0 Å². The molecule has 0 heterocycles. The summed E-state index contributed by atoms with van der Waals surface area (Å²) in [5.74, 6) is 0.592. The largest absolute Gasteiger partial charge is 0.492 e. The number of aliphatic hydroxyl groups is 1. The van der Waals surface area contributed by atoms with Crippen molar-refractivity contribution in [2.24, 2.45) is 0 Å². The van der Waals surface area contributed by atoms with E-state index in [9.17, 15) is 9.90 Å². The van der Waals surface area contributed by atoms with E-state index in [4.69, 9.17) is 16.3 Å². The first-order chi connectivity index (χ1) is 9.43. The summed E-state index contributed by atoms with van der Waals surface area (Å²) in [5, 5.41) is 12.4. The van der Waals surface area contributed by atoms with E-state index in [0.717, 1.165) is 0 Å². The fraction of sp³-hybridized carbons (Fsp3) is 0.500. The molecule has 0 fully saturated rings. The maximum absolute atomic E-state index is 11.9. The second-order valence-electron chi connectivity index (χ2n) is 4.57. The Kier molecular flexibility index (Phi) is 6.61. The van der Waals surface area contributed by atoms with Gasteiger partial charge in [0.1, 0.15) is 5.75 Å². The summed E-state index contributed by atoms with van der Waals surface area (Å²) in [6.45, 7) is 4.59. The molecule has 20 heavy (non-hydrogen) atoms. The van der Waals surface area contributed by atoms with Gasteiger partial charge in [-0.3, -0.25) is 0 Å². The summed E-state index contributed by atoms with van der Waals surface area (Å²) in [5.41, 5.74) is 0.604. The van der Waals surface area contributed by atoms with Crippen LogP contribution in [0.5, 0.6) is 5.75 Å². The van der Waals surface area contributed by atoms with Crippen LogP contribution in [0, 0.1) is 0 Å². The van der Waals surface area contributed by atoms with Crippen molar-refractivity contribution in [2.45, 2.75) is 26.4 Å². The number of carbonyl (C=O) groups is 1. The van der Waals surface area contributed by atoms with Gasteiger partial charge in [-0.05, 0) is 38.5 Å². The highest BCUT2D eigenvalue weighted by Crippen LogP contribution is 2.27. The SMILES string of the molecule is CCOc1ccc(NC(=O)N(C)CCC(C)O)cc1Cl. The van der Waals surface area contributed by atoms with Gasteiger partial charge in [0.15, 0.2) is 0 Å². The van der Waals surface area contributed by atoms with Crippen LogP contribution in [-0.2, 0) is 0 Å². The summed E-state index contributed by atoms with van der Waals surface area (Å²) in [6.07, 6.45) is 0.110. The number of nitrogens with zero attached hydrogens (tertiary/aromatic N) is 1. The lowest BCUT2D eigenvalue weighted by Crippen LogP contribution is -2.33. The molecule has 0 saturated heterocycles. The zero-order valence-electron chi connectivity index (χ0n) is 12.0. The van der Waals surface area contributed by atoms with Crippen molar-refractivity contribution in [1.82, 2.24) is 4.90 Å². The van der Waals surface area contributed by atoms with E-state index in [2.05, 4.69) is 5.32 Å². The molecule has 1 unspecified atom stereocenters. The summed E-state index contributed by atoms with van der Waals surface area (Å²) in [6, 6.07) is 4.85. The van der Waals surface area contributed by atoms with Crippen LogP contribution in [0.4, 0.5) is 10.5 Å². The number of rotatable bonds is 6. The lowest BCUT2D eigenvalue weighted by atomic mass is 10.3. The molecular weight excluding hydrogens is 280 g/mol. The molecular formula is C14H21ClN2O3. The Morgan fingerprint density at radius 1 is 1.55 bits per heavy atom. The van der Waals surface area contributed by atoms with Crippen LogP contribution >= 0.6 is 11.6 Å². The summed E-state index contributed by atoms with van der Waals surface area (Å²) < 4.78 is 5.33. The molecule has 0 aliphatic rings. The topological polar surface area (TPSA) is 61.8 Å². The molecule has 0 aliphatic carbocycles. The van der Waals surface area contributed by atoms with E-state index < -0.39 is 6.10 Å². The average Bonchev–Trinajstić information content (AvgIpc) is 2.39.